The fraction of sp³-hybridized carbons (Fsp3) is 0.538. The highest BCUT2D eigenvalue weighted by Gasteiger charge is 2.13. The summed E-state index contributed by atoms with van der Waals surface area (Å²) in [6.07, 6.45) is 0.955. The average Bonchev–Trinajstić information content (AvgIpc) is 2.27. The Bertz CT molecular complexity index is 337. The second kappa shape index (κ2) is 6.00. The minimum atomic E-state index is 0.0276. The molecule has 0 aromatic heterocycles. The van der Waals surface area contributed by atoms with Crippen LogP contribution in [0.15, 0.2) is 18.2 Å². The van der Waals surface area contributed by atoms with E-state index in [1.54, 1.807) is 14.2 Å². The largest absolute Gasteiger partial charge is 0.493 e. The highest BCUT2D eigenvalue weighted by Crippen LogP contribution is 2.34. The van der Waals surface area contributed by atoms with Crippen LogP contribution in [0.4, 0.5) is 0 Å². The fourth-order valence-corrected chi connectivity index (χ4v) is 2.09. The first kappa shape index (κ1) is 13.2. The Morgan fingerprint density at radius 2 is 1.75 bits per heavy atom. The lowest BCUT2D eigenvalue weighted by Gasteiger charge is -2.15. The van der Waals surface area contributed by atoms with E-state index in [9.17, 15) is 0 Å². The molecule has 0 spiro atoms. The van der Waals surface area contributed by atoms with Crippen molar-refractivity contribution in [3.8, 4) is 11.5 Å². The normalized spacial score (nSPS) is 12.6. The zero-order chi connectivity index (χ0) is 12.1. The number of methoxy groups -OCH3 is 2. The zero-order valence-electron chi connectivity index (χ0n) is 10.3. The Hall–Kier alpha value is -0.890. The van der Waals surface area contributed by atoms with E-state index in [4.69, 9.17) is 21.1 Å². The molecular formula is C13H19ClO2. The van der Waals surface area contributed by atoms with Crippen LogP contribution in [0.25, 0.3) is 0 Å². The first-order valence-corrected chi connectivity index (χ1v) is 5.88. The molecule has 1 aromatic carbocycles. The molecular weight excluding hydrogens is 224 g/mol. The Balaban J connectivity index is 2.89. The maximum Gasteiger partial charge on any atom is 0.161 e. The molecule has 0 N–H and O–H groups in total. The SMILES string of the molecule is COc1ccc(C(Cl)CC(C)C)cc1OC. The Morgan fingerprint density at radius 1 is 1.12 bits per heavy atom. The fourth-order valence-electron chi connectivity index (χ4n) is 1.60. The molecule has 0 saturated carbocycles. The summed E-state index contributed by atoms with van der Waals surface area (Å²) in [4.78, 5) is 0. The first-order chi connectivity index (χ1) is 7.58. The van der Waals surface area contributed by atoms with E-state index in [0.29, 0.717) is 5.92 Å². The number of hydrogen-bond donors (Lipinski definition) is 0. The van der Waals surface area contributed by atoms with Crippen molar-refractivity contribution in [1.82, 2.24) is 0 Å². The van der Waals surface area contributed by atoms with Crippen molar-refractivity contribution in [2.24, 2.45) is 5.92 Å². The Morgan fingerprint density at radius 3 is 2.25 bits per heavy atom. The second-order valence-electron chi connectivity index (χ2n) is 4.21. The van der Waals surface area contributed by atoms with Gasteiger partial charge in [-0.2, -0.15) is 0 Å². The molecule has 0 saturated heterocycles. The molecule has 0 radical (unpaired) electrons. The van der Waals surface area contributed by atoms with Crippen LogP contribution in [0.1, 0.15) is 31.2 Å². The van der Waals surface area contributed by atoms with Crippen LogP contribution in [0.2, 0.25) is 0 Å². The van der Waals surface area contributed by atoms with E-state index < -0.39 is 0 Å². The van der Waals surface area contributed by atoms with Gasteiger partial charge in [-0.1, -0.05) is 19.9 Å². The van der Waals surface area contributed by atoms with Gasteiger partial charge in [0.1, 0.15) is 0 Å². The molecule has 1 atom stereocenters. The molecule has 2 nitrogen and oxygen atoms in total. The second-order valence-corrected chi connectivity index (χ2v) is 4.74. The molecule has 0 aliphatic rings. The van der Waals surface area contributed by atoms with Gasteiger partial charge in [-0.05, 0) is 30.0 Å². The van der Waals surface area contributed by atoms with E-state index in [1.807, 2.05) is 18.2 Å². The van der Waals surface area contributed by atoms with Crippen molar-refractivity contribution in [2.75, 3.05) is 14.2 Å². The summed E-state index contributed by atoms with van der Waals surface area (Å²) in [5, 5.41) is 0.0276. The molecule has 16 heavy (non-hydrogen) atoms. The maximum absolute atomic E-state index is 6.33. The monoisotopic (exact) mass is 242 g/mol. The van der Waals surface area contributed by atoms with E-state index in [-0.39, 0.29) is 5.38 Å². The summed E-state index contributed by atoms with van der Waals surface area (Å²) in [6.45, 7) is 4.33. The summed E-state index contributed by atoms with van der Waals surface area (Å²) >= 11 is 6.33. The zero-order valence-corrected chi connectivity index (χ0v) is 11.0. The Labute approximate surface area is 103 Å². The molecule has 0 heterocycles. The third kappa shape index (κ3) is 3.31. The van der Waals surface area contributed by atoms with Crippen molar-refractivity contribution in [3.05, 3.63) is 23.8 Å². The standard InChI is InChI=1S/C13H19ClO2/c1-9(2)7-11(14)10-5-6-12(15-3)13(8-10)16-4/h5-6,8-9,11H,7H2,1-4H3. The maximum atomic E-state index is 6.33. The van der Waals surface area contributed by atoms with Gasteiger partial charge in [-0.25, -0.2) is 0 Å². The summed E-state index contributed by atoms with van der Waals surface area (Å²) in [5.74, 6) is 2.05. The van der Waals surface area contributed by atoms with Gasteiger partial charge in [0, 0.05) is 0 Å². The minimum absolute atomic E-state index is 0.0276. The summed E-state index contributed by atoms with van der Waals surface area (Å²) in [7, 11) is 3.26. The van der Waals surface area contributed by atoms with Crippen LogP contribution in [0.5, 0.6) is 11.5 Å². The lowest BCUT2D eigenvalue weighted by Crippen LogP contribution is -1.98. The van der Waals surface area contributed by atoms with Gasteiger partial charge < -0.3 is 9.47 Å². The van der Waals surface area contributed by atoms with Gasteiger partial charge in [0.05, 0.1) is 19.6 Å². The van der Waals surface area contributed by atoms with E-state index >= 15 is 0 Å². The van der Waals surface area contributed by atoms with Crippen LogP contribution in [0.3, 0.4) is 0 Å². The predicted octanol–water partition coefficient (Wildman–Crippen LogP) is 4.03. The molecule has 90 valence electrons. The molecule has 1 rings (SSSR count). The van der Waals surface area contributed by atoms with Crippen molar-refractivity contribution in [2.45, 2.75) is 25.6 Å². The summed E-state index contributed by atoms with van der Waals surface area (Å²) < 4.78 is 10.4. The van der Waals surface area contributed by atoms with Crippen molar-refractivity contribution in [1.29, 1.82) is 0 Å². The average molecular weight is 243 g/mol. The molecule has 0 fully saturated rings. The predicted molar refractivity (Wildman–Crippen MR) is 67.6 cm³/mol. The molecule has 0 amide bonds. The summed E-state index contributed by atoms with van der Waals surface area (Å²) in [5.41, 5.74) is 1.08. The van der Waals surface area contributed by atoms with E-state index in [0.717, 1.165) is 23.5 Å². The quantitative estimate of drug-likeness (QED) is 0.726. The number of halogens is 1. The van der Waals surface area contributed by atoms with Crippen LogP contribution >= 0.6 is 11.6 Å². The number of rotatable bonds is 5. The number of benzene rings is 1. The van der Waals surface area contributed by atoms with Gasteiger partial charge in [0.15, 0.2) is 11.5 Å². The van der Waals surface area contributed by atoms with Crippen LogP contribution in [-0.4, -0.2) is 14.2 Å². The van der Waals surface area contributed by atoms with Gasteiger partial charge in [0.2, 0.25) is 0 Å². The minimum Gasteiger partial charge on any atom is -0.493 e. The van der Waals surface area contributed by atoms with Crippen LogP contribution in [-0.2, 0) is 0 Å². The van der Waals surface area contributed by atoms with Crippen molar-refractivity contribution >= 4 is 11.6 Å². The molecule has 1 unspecified atom stereocenters. The van der Waals surface area contributed by atoms with Crippen molar-refractivity contribution < 1.29 is 9.47 Å². The van der Waals surface area contributed by atoms with Crippen LogP contribution in [0, 0.1) is 5.92 Å². The lowest BCUT2D eigenvalue weighted by molar-refractivity contribution is 0.354. The van der Waals surface area contributed by atoms with Crippen LogP contribution < -0.4 is 9.47 Å². The molecule has 0 bridgehead atoms. The van der Waals surface area contributed by atoms with Gasteiger partial charge in [-0.15, -0.1) is 11.6 Å². The smallest absolute Gasteiger partial charge is 0.161 e. The lowest BCUT2D eigenvalue weighted by atomic mass is 10.0. The van der Waals surface area contributed by atoms with Crippen molar-refractivity contribution in [3.63, 3.8) is 0 Å². The molecule has 3 heteroatoms. The third-order valence-electron chi connectivity index (χ3n) is 2.45. The van der Waals surface area contributed by atoms with Gasteiger partial charge in [-0.3, -0.25) is 0 Å². The van der Waals surface area contributed by atoms with Gasteiger partial charge in [0.25, 0.3) is 0 Å². The van der Waals surface area contributed by atoms with E-state index in [2.05, 4.69) is 13.8 Å². The molecule has 1 aromatic rings. The number of alkyl halides is 1. The highest BCUT2D eigenvalue weighted by molar-refractivity contribution is 6.20. The molecule has 0 aliphatic heterocycles. The third-order valence-corrected chi connectivity index (χ3v) is 2.88. The Kier molecular flexibility index (Phi) is 4.94. The van der Waals surface area contributed by atoms with Gasteiger partial charge >= 0.3 is 0 Å². The number of ether oxygens (including phenoxy) is 2. The molecule has 0 aliphatic carbocycles. The number of hydrogen-bond acceptors (Lipinski definition) is 2. The topological polar surface area (TPSA) is 18.5 Å². The highest BCUT2D eigenvalue weighted by atomic mass is 35.5. The summed E-state index contributed by atoms with van der Waals surface area (Å²) in [6, 6.07) is 5.82. The first-order valence-electron chi connectivity index (χ1n) is 5.44. The van der Waals surface area contributed by atoms with E-state index in [1.165, 1.54) is 0 Å².